The van der Waals surface area contributed by atoms with Crippen LogP contribution in [0.25, 0.3) is 0 Å². The molecule has 5 heteroatoms. The monoisotopic (exact) mass is 207 g/mol. The first-order valence-electron chi connectivity index (χ1n) is 2.96. The molecule has 64 valence electrons. The molecule has 2 N–H and O–H groups in total. The van der Waals surface area contributed by atoms with Gasteiger partial charge in [-0.15, -0.1) is 0 Å². The third-order valence-electron chi connectivity index (χ3n) is 1.27. The Labute approximate surface area is 78.1 Å². The molecule has 0 fully saturated rings. The highest BCUT2D eigenvalue weighted by molar-refractivity contribution is 6.42. The average molecular weight is 208 g/mol. The van der Waals surface area contributed by atoms with Gasteiger partial charge in [0.05, 0.1) is 10.0 Å². The molecule has 0 spiro atoms. The maximum atomic E-state index is 12.8. The number of nitrogens with two attached hydrogens (primary N) is 1. The first-order chi connectivity index (χ1) is 5.52. The van der Waals surface area contributed by atoms with E-state index >= 15 is 0 Å². The second kappa shape index (κ2) is 3.29. The van der Waals surface area contributed by atoms with Gasteiger partial charge in [-0.05, 0) is 12.1 Å². The van der Waals surface area contributed by atoms with E-state index in [0.29, 0.717) is 0 Å². The molecule has 0 bridgehead atoms. The molecule has 1 aromatic carbocycles. The molecule has 2 nitrogen and oxygen atoms in total. The SMILES string of the molecule is NC(=O)c1cc(F)c(Cl)c(Cl)c1. The van der Waals surface area contributed by atoms with Gasteiger partial charge < -0.3 is 5.73 Å². The van der Waals surface area contributed by atoms with Crippen molar-refractivity contribution >= 4 is 29.1 Å². The molecular weight excluding hydrogens is 204 g/mol. The molecule has 0 unspecified atom stereocenters. The summed E-state index contributed by atoms with van der Waals surface area (Å²) in [6.07, 6.45) is 0. The van der Waals surface area contributed by atoms with Crippen LogP contribution in [-0.4, -0.2) is 5.91 Å². The Kier molecular flexibility index (Phi) is 2.55. The minimum atomic E-state index is -0.752. The first-order valence-corrected chi connectivity index (χ1v) is 3.72. The second-order valence-corrected chi connectivity index (χ2v) is 2.90. The van der Waals surface area contributed by atoms with Crippen LogP contribution in [0.2, 0.25) is 10.0 Å². The zero-order valence-corrected chi connectivity index (χ0v) is 7.29. The summed E-state index contributed by atoms with van der Waals surface area (Å²) < 4.78 is 12.8. The fraction of sp³-hybridized carbons (Fsp3) is 0. The van der Waals surface area contributed by atoms with E-state index in [2.05, 4.69) is 0 Å². The van der Waals surface area contributed by atoms with Crippen LogP contribution in [0.3, 0.4) is 0 Å². The number of carbonyl (C=O) groups is 1. The summed E-state index contributed by atoms with van der Waals surface area (Å²) in [4.78, 5) is 10.6. The molecule has 1 aromatic rings. The van der Waals surface area contributed by atoms with Crippen molar-refractivity contribution in [2.75, 3.05) is 0 Å². The van der Waals surface area contributed by atoms with Crippen molar-refractivity contribution in [3.63, 3.8) is 0 Å². The highest BCUT2D eigenvalue weighted by atomic mass is 35.5. The van der Waals surface area contributed by atoms with Crippen molar-refractivity contribution in [1.29, 1.82) is 0 Å². The lowest BCUT2D eigenvalue weighted by Gasteiger charge is -1.99. The highest BCUT2D eigenvalue weighted by Crippen LogP contribution is 2.25. The van der Waals surface area contributed by atoms with Gasteiger partial charge in [0.2, 0.25) is 5.91 Å². The molecule has 0 aliphatic heterocycles. The number of halogens is 3. The first kappa shape index (κ1) is 9.29. The van der Waals surface area contributed by atoms with Gasteiger partial charge in [0.1, 0.15) is 5.82 Å². The van der Waals surface area contributed by atoms with Crippen LogP contribution in [0.15, 0.2) is 12.1 Å². The van der Waals surface area contributed by atoms with Crippen LogP contribution in [0, 0.1) is 5.82 Å². The van der Waals surface area contributed by atoms with Crippen LogP contribution >= 0.6 is 23.2 Å². The van der Waals surface area contributed by atoms with Gasteiger partial charge in [-0.1, -0.05) is 23.2 Å². The fourth-order valence-electron chi connectivity index (χ4n) is 0.698. The Bertz CT molecular complexity index is 317. The van der Waals surface area contributed by atoms with Gasteiger partial charge in [0.15, 0.2) is 0 Å². The van der Waals surface area contributed by atoms with Crippen molar-refractivity contribution in [3.05, 3.63) is 33.6 Å². The van der Waals surface area contributed by atoms with E-state index in [1.54, 1.807) is 0 Å². The summed E-state index contributed by atoms with van der Waals surface area (Å²) in [5.41, 5.74) is 4.90. The van der Waals surface area contributed by atoms with Crippen molar-refractivity contribution in [2.45, 2.75) is 0 Å². The van der Waals surface area contributed by atoms with Crippen molar-refractivity contribution in [1.82, 2.24) is 0 Å². The van der Waals surface area contributed by atoms with Gasteiger partial charge in [0.25, 0.3) is 0 Å². The van der Waals surface area contributed by atoms with E-state index in [0.717, 1.165) is 6.07 Å². The van der Waals surface area contributed by atoms with Crippen LogP contribution in [0.5, 0.6) is 0 Å². The molecule has 0 saturated carbocycles. The third-order valence-corrected chi connectivity index (χ3v) is 2.05. The normalized spacial score (nSPS) is 9.92. The van der Waals surface area contributed by atoms with E-state index in [4.69, 9.17) is 28.9 Å². The van der Waals surface area contributed by atoms with E-state index in [1.165, 1.54) is 6.07 Å². The predicted octanol–water partition coefficient (Wildman–Crippen LogP) is 2.23. The van der Waals surface area contributed by atoms with Crippen molar-refractivity contribution in [3.8, 4) is 0 Å². The lowest BCUT2D eigenvalue weighted by molar-refractivity contribution is 0.1000. The van der Waals surface area contributed by atoms with Gasteiger partial charge in [0, 0.05) is 5.56 Å². The van der Waals surface area contributed by atoms with Gasteiger partial charge in [-0.2, -0.15) is 0 Å². The Balaban J connectivity index is 3.31. The number of carbonyl (C=O) groups excluding carboxylic acids is 1. The summed E-state index contributed by atoms with van der Waals surface area (Å²) in [6.45, 7) is 0. The minimum Gasteiger partial charge on any atom is -0.366 e. The highest BCUT2D eigenvalue weighted by Gasteiger charge is 2.09. The molecule has 0 heterocycles. The predicted molar refractivity (Wildman–Crippen MR) is 44.9 cm³/mol. The van der Waals surface area contributed by atoms with Gasteiger partial charge in [-0.3, -0.25) is 4.79 Å². The second-order valence-electron chi connectivity index (χ2n) is 2.12. The quantitative estimate of drug-likeness (QED) is 0.706. The summed E-state index contributed by atoms with van der Waals surface area (Å²) in [5, 5.41) is -0.230. The Morgan fingerprint density at radius 2 is 2.00 bits per heavy atom. The lowest BCUT2D eigenvalue weighted by Crippen LogP contribution is -2.11. The van der Waals surface area contributed by atoms with Crippen molar-refractivity contribution < 1.29 is 9.18 Å². The number of primary amides is 1. The molecular formula is C7H4Cl2FNO. The molecule has 0 aliphatic rings. The maximum Gasteiger partial charge on any atom is 0.248 e. The smallest absolute Gasteiger partial charge is 0.248 e. The zero-order valence-electron chi connectivity index (χ0n) is 5.77. The summed E-state index contributed by atoms with van der Waals surface area (Å²) in [5.74, 6) is -1.49. The topological polar surface area (TPSA) is 43.1 Å². The van der Waals surface area contributed by atoms with Crippen LogP contribution in [0.1, 0.15) is 10.4 Å². The Morgan fingerprint density at radius 1 is 1.42 bits per heavy atom. The zero-order chi connectivity index (χ0) is 9.30. The number of hydrogen-bond acceptors (Lipinski definition) is 1. The average Bonchev–Trinajstić information content (AvgIpc) is 1.99. The van der Waals surface area contributed by atoms with Crippen LogP contribution < -0.4 is 5.73 Å². The Hall–Kier alpha value is -0.800. The summed E-state index contributed by atoms with van der Waals surface area (Å²) in [7, 11) is 0. The fourth-order valence-corrected chi connectivity index (χ4v) is 1.01. The molecule has 1 amide bonds. The standard InChI is InChI=1S/C7H4Cl2FNO/c8-4-1-3(7(11)12)2-5(10)6(4)9/h1-2H,(H2,11,12). The number of amides is 1. The third kappa shape index (κ3) is 1.68. The number of benzene rings is 1. The van der Waals surface area contributed by atoms with Crippen LogP contribution in [-0.2, 0) is 0 Å². The molecule has 0 atom stereocenters. The van der Waals surface area contributed by atoms with Crippen LogP contribution in [0.4, 0.5) is 4.39 Å². The largest absolute Gasteiger partial charge is 0.366 e. The van der Waals surface area contributed by atoms with E-state index in [-0.39, 0.29) is 15.6 Å². The lowest BCUT2D eigenvalue weighted by atomic mass is 10.2. The molecule has 0 aromatic heterocycles. The molecule has 0 aliphatic carbocycles. The molecule has 0 saturated heterocycles. The molecule has 1 rings (SSSR count). The molecule has 0 radical (unpaired) electrons. The maximum absolute atomic E-state index is 12.8. The van der Waals surface area contributed by atoms with Crippen molar-refractivity contribution in [2.24, 2.45) is 5.73 Å². The summed E-state index contributed by atoms with van der Waals surface area (Å²) >= 11 is 10.9. The van der Waals surface area contributed by atoms with Gasteiger partial charge in [-0.25, -0.2) is 4.39 Å². The van der Waals surface area contributed by atoms with Gasteiger partial charge >= 0.3 is 0 Å². The Morgan fingerprint density at radius 3 is 2.42 bits per heavy atom. The minimum absolute atomic E-state index is 0.00176. The van der Waals surface area contributed by atoms with E-state index in [1.807, 2.05) is 0 Å². The molecule has 12 heavy (non-hydrogen) atoms. The van der Waals surface area contributed by atoms with E-state index < -0.39 is 11.7 Å². The number of hydrogen-bond donors (Lipinski definition) is 1. The summed E-state index contributed by atoms with van der Waals surface area (Å²) in [6, 6.07) is 2.16. The number of rotatable bonds is 1. The van der Waals surface area contributed by atoms with E-state index in [9.17, 15) is 9.18 Å².